The first kappa shape index (κ1) is 14.3. The maximum Gasteiger partial charge on any atom is 0.120 e. The topological polar surface area (TPSA) is 34.4 Å². The Kier molecular flexibility index (Phi) is 4.78. The lowest BCUT2D eigenvalue weighted by Crippen LogP contribution is -2.36. The molecule has 0 fully saturated rings. The fraction of sp³-hybridized carbons (Fsp3) is 0.714. The van der Waals surface area contributed by atoms with Gasteiger partial charge < -0.3 is 14.5 Å². The molecule has 0 saturated carbocycles. The zero-order chi connectivity index (χ0) is 13.1. The van der Waals surface area contributed by atoms with Crippen molar-refractivity contribution < 1.29 is 9.15 Å². The summed E-state index contributed by atoms with van der Waals surface area (Å²) in [6.45, 7) is 10.5. The van der Waals surface area contributed by atoms with Crippen molar-refractivity contribution in [3.8, 4) is 0 Å². The van der Waals surface area contributed by atoms with Crippen molar-refractivity contribution >= 4 is 0 Å². The molecule has 3 heteroatoms. The Balaban J connectivity index is 2.49. The average Bonchev–Trinajstić information content (AvgIpc) is 2.64. The van der Waals surface area contributed by atoms with Gasteiger partial charge in [0.15, 0.2) is 0 Å². The van der Waals surface area contributed by atoms with Gasteiger partial charge in [-0.25, -0.2) is 0 Å². The predicted molar refractivity (Wildman–Crippen MR) is 70.2 cm³/mol. The summed E-state index contributed by atoms with van der Waals surface area (Å²) >= 11 is 0. The van der Waals surface area contributed by atoms with Gasteiger partial charge >= 0.3 is 0 Å². The van der Waals surface area contributed by atoms with Crippen LogP contribution in [0.15, 0.2) is 16.5 Å². The van der Waals surface area contributed by atoms with E-state index in [4.69, 9.17) is 9.15 Å². The Morgan fingerprint density at radius 3 is 2.47 bits per heavy atom. The first-order valence-electron chi connectivity index (χ1n) is 6.21. The number of hydrogen-bond donors (Lipinski definition) is 1. The van der Waals surface area contributed by atoms with E-state index in [9.17, 15) is 0 Å². The molecule has 1 aromatic rings. The van der Waals surface area contributed by atoms with E-state index in [1.54, 1.807) is 7.11 Å². The highest BCUT2D eigenvalue weighted by molar-refractivity contribution is 5.09. The molecule has 1 aromatic heterocycles. The number of furan rings is 1. The van der Waals surface area contributed by atoms with Gasteiger partial charge in [0, 0.05) is 13.2 Å². The Hall–Kier alpha value is -0.800. The van der Waals surface area contributed by atoms with Crippen LogP contribution >= 0.6 is 0 Å². The maximum atomic E-state index is 5.61. The molecule has 0 amide bonds. The molecular weight excluding hydrogens is 214 g/mol. The SMILES string of the molecule is COC(C)(C)CC(C)NC(C)c1ccc(C)o1. The third-order valence-electron chi connectivity index (χ3n) is 3.07. The minimum atomic E-state index is -0.0920. The molecule has 0 aliphatic heterocycles. The summed E-state index contributed by atoms with van der Waals surface area (Å²) in [5.41, 5.74) is -0.0920. The Morgan fingerprint density at radius 1 is 1.35 bits per heavy atom. The predicted octanol–water partition coefficient (Wildman–Crippen LogP) is 3.44. The third kappa shape index (κ3) is 4.52. The van der Waals surface area contributed by atoms with E-state index in [1.807, 2.05) is 19.1 Å². The standard InChI is InChI=1S/C14H25NO2/c1-10(9-14(4,5)16-6)15-12(3)13-8-7-11(2)17-13/h7-8,10,12,15H,9H2,1-6H3. The summed E-state index contributed by atoms with van der Waals surface area (Å²) in [7, 11) is 1.76. The fourth-order valence-electron chi connectivity index (χ4n) is 2.07. The van der Waals surface area contributed by atoms with Crippen molar-refractivity contribution in [2.75, 3.05) is 7.11 Å². The van der Waals surface area contributed by atoms with Crippen molar-refractivity contribution in [1.82, 2.24) is 5.32 Å². The summed E-state index contributed by atoms with van der Waals surface area (Å²) < 4.78 is 11.0. The van der Waals surface area contributed by atoms with Crippen molar-refractivity contribution in [2.24, 2.45) is 0 Å². The summed E-state index contributed by atoms with van der Waals surface area (Å²) in [6.07, 6.45) is 0.966. The van der Waals surface area contributed by atoms with Gasteiger partial charge in [0.1, 0.15) is 11.5 Å². The van der Waals surface area contributed by atoms with Crippen LogP contribution in [0.5, 0.6) is 0 Å². The van der Waals surface area contributed by atoms with Gasteiger partial charge in [0.05, 0.1) is 11.6 Å². The first-order valence-corrected chi connectivity index (χ1v) is 6.21. The highest BCUT2D eigenvalue weighted by atomic mass is 16.5. The number of rotatable bonds is 6. The summed E-state index contributed by atoms with van der Waals surface area (Å²) in [5, 5.41) is 3.53. The second kappa shape index (κ2) is 5.69. The number of nitrogens with one attached hydrogen (secondary N) is 1. The molecule has 2 unspecified atom stereocenters. The third-order valence-corrected chi connectivity index (χ3v) is 3.07. The highest BCUT2D eigenvalue weighted by Gasteiger charge is 2.21. The van der Waals surface area contributed by atoms with E-state index >= 15 is 0 Å². The maximum absolute atomic E-state index is 5.61. The molecule has 0 aromatic carbocycles. The monoisotopic (exact) mass is 239 g/mol. The van der Waals surface area contributed by atoms with Gasteiger partial charge in [-0.15, -0.1) is 0 Å². The van der Waals surface area contributed by atoms with Gasteiger partial charge in [-0.05, 0) is 53.2 Å². The van der Waals surface area contributed by atoms with Crippen molar-refractivity contribution in [1.29, 1.82) is 0 Å². The second-order valence-corrected chi connectivity index (χ2v) is 5.41. The number of ether oxygens (including phenoxy) is 1. The average molecular weight is 239 g/mol. The normalized spacial score (nSPS) is 15.9. The molecule has 1 rings (SSSR count). The number of methoxy groups -OCH3 is 1. The molecule has 0 saturated heterocycles. The molecule has 0 aliphatic rings. The molecule has 0 spiro atoms. The van der Waals surface area contributed by atoms with Crippen LogP contribution in [0.1, 0.15) is 51.7 Å². The van der Waals surface area contributed by atoms with Crippen LogP contribution < -0.4 is 5.32 Å². The fourth-order valence-corrected chi connectivity index (χ4v) is 2.07. The van der Waals surface area contributed by atoms with Gasteiger partial charge in [-0.2, -0.15) is 0 Å². The van der Waals surface area contributed by atoms with Gasteiger partial charge in [-0.1, -0.05) is 0 Å². The smallest absolute Gasteiger partial charge is 0.120 e. The van der Waals surface area contributed by atoms with Crippen LogP contribution in [0.4, 0.5) is 0 Å². The van der Waals surface area contributed by atoms with Crippen LogP contribution in [-0.4, -0.2) is 18.8 Å². The zero-order valence-corrected chi connectivity index (χ0v) is 11.8. The highest BCUT2D eigenvalue weighted by Crippen LogP contribution is 2.20. The minimum Gasteiger partial charge on any atom is -0.465 e. The summed E-state index contributed by atoms with van der Waals surface area (Å²) in [6, 6.07) is 4.63. The van der Waals surface area contributed by atoms with E-state index in [0.29, 0.717) is 6.04 Å². The van der Waals surface area contributed by atoms with Crippen molar-refractivity contribution in [2.45, 2.75) is 58.7 Å². The van der Waals surface area contributed by atoms with Gasteiger partial charge in [0.2, 0.25) is 0 Å². The lowest BCUT2D eigenvalue weighted by atomic mass is 9.99. The largest absolute Gasteiger partial charge is 0.465 e. The lowest BCUT2D eigenvalue weighted by molar-refractivity contribution is 0.00762. The molecule has 0 bridgehead atoms. The van der Waals surface area contributed by atoms with Crippen LogP contribution in [0.25, 0.3) is 0 Å². The molecule has 17 heavy (non-hydrogen) atoms. The van der Waals surface area contributed by atoms with E-state index in [2.05, 4.69) is 33.0 Å². The number of hydrogen-bond acceptors (Lipinski definition) is 3. The molecule has 3 nitrogen and oxygen atoms in total. The van der Waals surface area contributed by atoms with E-state index in [0.717, 1.165) is 17.9 Å². The summed E-state index contributed by atoms with van der Waals surface area (Å²) in [4.78, 5) is 0. The van der Waals surface area contributed by atoms with E-state index < -0.39 is 0 Å². The molecule has 98 valence electrons. The molecule has 1 N–H and O–H groups in total. The molecule has 0 radical (unpaired) electrons. The van der Waals surface area contributed by atoms with Crippen LogP contribution in [0.3, 0.4) is 0 Å². The quantitative estimate of drug-likeness (QED) is 0.825. The molecule has 1 heterocycles. The first-order chi connectivity index (χ1) is 7.84. The second-order valence-electron chi connectivity index (χ2n) is 5.41. The van der Waals surface area contributed by atoms with E-state index in [1.165, 1.54) is 0 Å². The van der Waals surface area contributed by atoms with Crippen LogP contribution in [0.2, 0.25) is 0 Å². The minimum absolute atomic E-state index is 0.0920. The van der Waals surface area contributed by atoms with Crippen molar-refractivity contribution in [3.05, 3.63) is 23.7 Å². The van der Waals surface area contributed by atoms with E-state index in [-0.39, 0.29) is 11.6 Å². The summed E-state index contributed by atoms with van der Waals surface area (Å²) in [5.74, 6) is 1.95. The number of aryl methyl sites for hydroxylation is 1. The van der Waals surface area contributed by atoms with Crippen LogP contribution in [0, 0.1) is 6.92 Å². The zero-order valence-electron chi connectivity index (χ0n) is 11.8. The van der Waals surface area contributed by atoms with Gasteiger partial charge in [0.25, 0.3) is 0 Å². The molecular formula is C14H25NO2. The Labute approximate surface area is 105 Å². The lowest BCUT2D eigenvalue weighted by Gasteiger charge is -2.28. The van der Waals surface area contributed by atoms with Gasteiger partial charge in [-0.3, -0.25) is 0 Å². The van der Waals surface area contributed by atoms with Crippen LogP contribution in [-0.2, 0) is 4.74 Å². The molecule has 0 aliphatic carbocycles. The molecule has 2 atom stereocenters. The Bertz CT molecular complexity index is 344. The Morgan fingerprint density at radius 2 is 2.00 bits per heavy atom. The van der Waals surface area contributed by atoms with Crippen molar-refractivity contribution in [3.63, 3.8) is 0 Å².